The molecule has 0 spiro atoms. The van der Waals surface area contributed by atoms with Crippen molar-refractivity contribution in [2.24, 2.45) is 0 Å². The van der Waals surface area contributed by atoms with E-state index < -0.39 is 34.2 Å². The summed E-state index contributed by atoms with van der Waals surface area (Å²) in [4.78, 5) is 36.2. The normalized spacial score (nSPS) is 14.6. The van der Waals surface area contributed by atoms with Crippen molar-refractivity contribution in [1.82, 2.24) is 5.32 Å². The van der Waals surface area contributed by atoms with Crippen LogP contribution in [-0.2, 0) is 14.3 Å². The molecule has 0 heterocycles. The Hall–Kier alpha value is -2.35. The topological polar surface area (TPSA) is 108 Å². The van der Waals surface area contributed by atoms with Gasteiger partial charge < -0.3 is 14.8 Å². The number of hydrogen-bond acceptors (Lipinski definition) is 6. The maximum Gasteiger partial charge on any atom is 0.408 e. The van der Waals surface area contributed by atoms with E-state index in [4.69, 9.17) is 21.1 Å². The molecule has 0 saturated heterocycles. The number of halogens is 1. The number of esters is 1. The van der Waals surface area contributed by atoms with Gasteiger partial charge in [-0.25, -0.2) is 9.59 Å². The van der Waals surface area contributed by atoms with Crippen LogP contribution in [0.4, 0.5) is 4.79 Å². The lowest BCUT2D eigenvalue weighted by atomic mass is 9.83. The fourth-order valence-electron chi connectivity index (χ4n) is 2.59. The fourth-order valence-corrected chi connectivity index (χ4v) is 2.72. The molecule has 0 aromatic heterocycles. The van der Waals surface area contributed by atoms with Gasteiger partial charge in [0.1, 0.15) is 11.6 Å². The Labute approximate surface area is 163 Å². The van der Waals surface area contributed by atoms with E-state index in [0.29, 0.717) is 10.6 Å². The van der Waals surface area contributed by atoms with Gasteiger partial charge in [0.05, 0.1) is 6.61 Å². The van der Waals surface area contributed by atoms with Gasteiger partial charge in [-0.15, -0.1) is 0 Å². The number of benzene rings is 1. The lowest BCUT2D eigenvalue weighted by Crippen LogP contribution is -2.57. The molecule has 1 aromatic rings. The highest BCUT2D eigenvalue weighted by Crippen LogP contribution is 2.34. The fraction of sp³-hybridized carbons (Fsp3) is 0.556. The zero-order chi connectivity index (χ0) is 20.8. The Morgan fingerprint density at radius 1 is 1.22 bits per heavy atom. The number of nitrogens with one attached hydrogen (secondary N) is 1. The predicted molar refractivity (Wildman–Crippen MR) is 100 cm³/mol. The standard InChI is InChI=1S/C18H25ClN2O6/c1-6-18(21(24)25,15(22)26-7-2)14(12-8-10-13(19)11-9-12)20-16(23)27-17(3,4)5/h8-11,14H,6-7H2,1-5H3,(H,20,23)/t14-,18+/m1/s1. The molecular weight excluding hydrogens is 376 g/mol. The summed E-state index contributed by atoms with van der Waals surface area (Å²) in [6.45, 7) is 7.99. The van der Waals surface area contributed by atoms with Gasteiger partial charge in [-0.05, 0) is 45.4 Å². The van der Waals surface area contributed by atoms with Crippen LogP contribution in [0.5, 0.6) is 0 Å². The zero-order valence-electron chi connectivity index (χ0n) is 16.1. The molecule has 0 unspecified atom stereocenters. The highest BCUT2D eigenvalue weighted by Gasteiger charge is 2.59. The minimum Gasteiger partial charge on any atom is -0.461 e. The number of carbonyl (C=O) groups is 2. The van der Waals surface area contributed by atoms with E-state index >= 15 is 0 Å². The molecule has 0 aliphatic rings. The molecule has 0 radical (unpaired) electrons. The van der Waals surface area contributed by atoms with Gasteiger partial charge >= 0.3 is 17.6 Å². The average molecular weight is 401 g/mol. The molecule has 0 aliphatic heterocycles. The predicted octanol–water partition coefficient (Wildman–Crippen LogP) is 3.89. The van der Waals surface area contributed by atoms with Gasteiger partial charge in [0, 0.05) is 16.4 Å². The van der Waals surface area contributed by atoms with E-state index in [1.54, 1.807) is 27.7 Å². The number of amides is 1. The van der Waals surface area contributed by atoms with Gasteiger partial charge in [-0.3, -0.25) is 10.1 Å². The third-order valence-corrected chi connectivity index (χ3v) is 4.09. The van der Waals surface area contributed by atoms with Gasteiger partial charge in [0.2, 0.25) is 0 Å². The summed E-state index contributed by atoms with van der Waals surface area (Å²) in [6, 6.07) is 4.75. The van der Waals surface area contributed by atoms with Crippen LogP contribution < -0.4 is 5.32 Å². The number of alkyl carbamates (subject to hydrolysis) is 1. The molecule has 27 heavy (non-hydrogen) atoms. The summed E-state index contributed by atoms with van der Waals surface area (Å²) < 4.78 is 10.2. The Morgan fingerprint density at radius 3 is 2.19 bits per heavy atom. The molecule has 0 aliphatic carbocycles. The maximum atomic E-state index is 12.6. The molecule has 1 amide bonds. The zero-order valence-corrected chi connectivity index (χ0v) is 16.8. The molecular formula is C18H25ClN2O6. The average Bonchev–Trinajstić information content (AvgIpc) is 2.54. The van der Waals surface area contributed by atoms with Crippen molar-refractivity contribution >= 4 is 23.7 Å². The van der Waals surface area contributed by atoms with E-state index in [-0.39, 0.29) is 13.0 Å². The molecule has 2 atom stereocenters. The quantitative estimate of drug-likeness (QED) is 0.422. The van der Waals surface area contributed by atoms with E-state index in [1.165, 1.54) is 31.2 Å². The summed E-state index contributed by atoms with van der Waals surface area (Å²) in [5, 5.41) is 14.9. The van der Waals surface area contributed by atoms with Crippen molar-refractivity contribution in [2.45, 2.75) is 58.2 Å². The Balaban J connectivity index is 3.47. The molecule has 1 N–H and O–H groups in total. The first-order valence-corrected chi connectivity index (χ1v) is 8.92. The van der Waals surface area contributed by atoms with Crippen molar-refractivity contribution in [3.8, 4) is 0 Å². The molecule has 0 saturated carbocycles. The van der Waals surface area contributed by atoms with E-state index in [9.17, 15) is 19.7 Å². The first-order valence-electron chi connectivity index (χ1n) is 8.54. The first kappa shape index (κ1) is 22.7. The van der Waals surface area contributed by atoms with Crippen LogP contribution in [0.3, 0.4) is 0 Å². The van der Waals surface area contributed by atoms with E-state index in [2.05, 4.69) is 5.32 Å². The SMILES string of the molecule is CCOC(=O)[C@](CC)([C@H](NC(=O)OC(C)(C)C)c1ccc(Cl)cc1)[N+](=O)[O-]. The van der Waals surface area contributed by atoms with Gasteiger partial charge in [0.25, 0.3) is 0 Å². The smallest absolute Gasteiger partial charge is 0.408 e. The molecule has 1 aromatic carbocycles. The van der Waals surface area contributed by atoms with Gasteiger partial charge in [-0.2, -0.15) is 0 Å². The number of ether oxygens (including phenoxy) is 2. The third-order valence-electron chi connectivity index (χ3n) is 3.84. The molecule has 0 fully saturated rings. The second-order valence-corrected chi connectivity index (χ2v) is 7.32. The Morgan fingerprint density at radius 2 is 1.78 bits per heavy atom. The lowest BCUT2D eigenvalue weighted by molar-refractivity contribution is -0.561. The minimum absolute atomic E-state index is 0.0335. The highest BCUT2D eigenvalue weighted by atomic mass is 35.5. The van der Waals surface area contributed by atoms with Crippen LogP contribution in [0.1, 0.15) is 52.6 Å². The molecule has 9 heteroatoms. The summed E-state index contributed by atoms with van der Waals surface area (Å²) in [5.41, 5.74) is -2.71. The van der Waals surface area contributed by atoms with Gasteiger partial charge in [-0.1, -0.05) is 30.7 Å². The third kappa shape index (κ3) is 5.56. The van der Waals surface area contributed by atoms with Crippen molar-refractivity contribution in [1.29, 1.82) is 0 Å². The van der Waals surface area contributed by atoms with Crippen molar-refractivity contribution in [2.75, 3.05) is 6.61 Å². The van der Waals surface area contributed by atoms with Crippen molar-refractivity contribution < 1.29 is 24.0 Å². The lowest BCUT2D eigenvalue weighted by Gasteiger charge is -2.32. The van der Waals surface area contributed by atoms with E-state index in [1.807, 2.05) is 0 Å². The maximum absolute atomic E-state index is 12.6. The van der Waals surface area contributed by atoms with Crippen LogP contribution in [0.2, 0.25) is 5.02 Å². The minimum atomic E-state index is -2.22. The highest BCUT2D eigenvalue weighted by molar-refractivity contribution is 6.30. The Kier molecular flexibility index (Phi) is 7.59. The monoisotopic (exact) mass is 400 g/mol. The second-order valence-electron chi connectivity index (χ2n) is 6.89. The van der Waals surface area contributed by atoms with Crippen molar-refractivity contribution in [3.63, 3.8) is 0 Å². The number of rotatable bonds is 7. The molecule has 150 valence electrons. The molecule has 0 bridgehead atoms. The van der Waals surface area contributed by atoms with Crippen LogP contribution in [0, 0.1) is 10.1 Å². The first-order chi connectivity index (χ1) is 12.5. The second kappa shape index (κ2) is 9.03. The summed E-state index contributed by atoms with van der Waals surface area (Å²) >= 11 is 5.89. The molecule has 8 nitrogen and oxygen atoms in total. The number of carbonyl (C=O) groups excluding carboxylic acids is 2. The number of hydrogen-bond donors (Lipinski definition) is 1. The summed E-state index contributed by atoms with van der Waals surface area (Å²) in [7, 11) is 0. The molecule has 1 rings (SSSR count). The Bertz CT molecular complexity index is 686. The summed E-state index contributed by atoms with van der Waals surface area (Å²) in [5.74, 6) is -1.03. The largest absolute Gasteiger partial charge is 0.461 e. The van der Waals surface area contributed by atoms with Crippen molar-refractivity contribution in [3.05, 3.63) is 45.0 Å². The summed E-state index contributed by atoms with van der Waals surface area (Å²) in [6.07, 6.45) is -1.09. The van der Waals surface area contributed by atoms with Crippen LogP contribution in [0.15, 0.2) is 24.3 Å². The van der Waals surface area contributed by atoms with Crippen LogP contribution in [-0.4, -0.2) is 34.7 Å². The number of nitrogens with zero attached hydrogens (tertiary/aromatic N) is 1. The van der Waals surface area contributed by atoms with E-state index in [0.717, 1.165) is 0 Å². The number of nitro groups is 1. The van der Waals surface area contributed by atoms with Gasteiger partial charge in [0.15, 0.2) is 0 Å². The van der Waals surface area contributed by atoms with Crippen LogP contribution in [0.25, 0.3) is 0 Å². The van der Waals surface area contributed by atoms with Crippen LogP contribution >= 0.6 is 11.6 Å².